The number of pyridine rings is 1. The number of aryl methyl sites for hydroxylation is 1. The van der Waals surface area contributed by atoms with Crippen molar-refractivity contribution in [3.8, 4) is 10.7 Å². The van der Waals surface area contributed by atoms with Gasteiger partial charge in [0.05, 0.1) is 15.9 Å². The Morgan fingerprint density at radius 1 is 1.27 bits per heavy atom. The maximum absolute atomic E-state index is 4.50. The summed E-state index contributed by atoms with van der Waals surface area (Å²) in [6.45, 7) is 2.00. The molecule has 3 aromatic rings. The Balaban J connectivity index is 2.19. The second-order valence-corrected chi connectivity index (χ2v) is 5.21. The smallest absolute Gasteiger partial charge is 0.144 e. The van der Waals surface area contributed by atoms with Crippen LogP contribution in [0.3, 0.4) is 0 Å². The molecule has 0 fully saturated rings. The van der Waals surface area contributed by atoms with Crippen molar-refractivity contribution in [2.75, 3.05) is 0 Å². The molecule has 3 heterocycles. The van der Waals surface area contributed by atoms with E-state index in [1.807, 2.05) is 18.4 Å². The minimum atomic E-state index is 0.947. The van der Waals surface area contributed by atoms with E-state index in [1.54, 1.807) is 35.1 Å². The lowest BCUT2D eigenvalue weighted by molar-refractivity contribution is 1.28. The van der Waals surface area contributed by atoms with Crippen LogP contribution in [0.4, 0.5) is 0 Å². The topological polar surface area (TPSA) is 38.7 Å². The van der Waals surface area contributed by atoms with Crippen LogP contribution in [0.5, 0.6) is 0 Å². The number of hydrogen-bond acceptors (Lipinski definition) is 5. The summed E-state index contributed by atoms with van der Waals surface area (Å²) < 4.78 is 1.16. The molecule has 0 bridgehead atoms. The SMILES string of the molecule is Cc1nc(-c2nc3cnccc3s2)cs1. The van der Waals surface area contributed by atoms with E-state index in [4.69, 9.17) is 0 Å². The first-order valence-electron chi connectivity index (χ1n) is 4.46. The minimum absolute atomic E-state index is 0.947. The molecule has 0 spiro atoms. The van der Waals surface area contributed by atoms with Crippen molar-refractivity contribution in [1.82, 2.24) is 15.0 Å². The Morgan fingerprint density at radius 2 is 2.20 bits per heavy atom. The third-order valence-corrected chi connectivity index (χ3v) is 3.86. The Morgan fingerprint density at radius 3 is 2.93 bits per heavy atom. The third-order valence-electron chi connectivity index (χ3n) is 2.03. The molecule has 0 amide bonds. The molecule has 0 aromatic carbocycles. The number of thiazole rings is 2. The van der Waals surface area contributed by atoms with Crippen LogP contribution in [0.15, 0.2) is 23.8 Å². The van der Waals surface area contributed by atoms with Crippen molar-refractivity contribution in [2.24, 2.45) is 0 Å². The standard InChI is InChI=1S/C10H7N3S2/c1-6-12-8(5-14-6)10-13-7-4-11-3-2-9(7)15-10/h2-5H,1H3. The molecule has 0 aliphatic rings. The number of rotatable bonds is 1. The number of aromatic nitrogens is 3. The van der Waals surface area contributed by atoms with Crippen LogP contribution in [0.1, 0.15) is 5.01 Å². The third kappa shape index (κ3) is 1.53. The molecule has 15 heavy (non-hydrogen) atoms. The maximum Gasteiger partial charge on any atom is 0.144 e. The van der Waals surface area contributed by atoms with Crippen LogP contribution in [0.25, 0.3) is 20.9 Å². The van der Waals surface area contributed by atoms with Gasteiger partial charge in [-0.25, -0.2) is 9.97 Å². The van der Waals surface area contributed by atoms with Gasteiger partial charge < -0.3 is 0 Å². The van der Waals surface area contributed by atoms with Gasteiger partial charge in [-0.05, 0) is 13.0 Å². The molecule has 0 radical (unpaired) electrons. The molecule has 3 rings (SSSR count). The highest BCUT2D eigenvalue weighted by Gasteiger charge is 2.08. The molecule has 0 aliphatic heterocycles. The minimum Gasteiger partial charge on any atom is -0.262 e. The molecule has 3 aromatic heterocycles. The summed E-state index contributed by atoms with van der Waals surface area (Å²) in [6, 6.07) is 1.98. The second kappa shape index (κ2) is 3.36. The molecule has 74 valence electrons. The highest BCUT2D eigenvalue weighted by atomic mass is 32.1. The Hall–Kier alpha value is -1.33. The van der Waals surface area contributed by atoms with Crippen molar-refractivity contribution >= 4 is 32.9 Å². The zero-order chi connectivity index (χ0) is 10.3. The average Bonchev–Trinajstić information content (AvgIpc) is 2.82. The summed E-state index contributed by atoms with van der Waals surface area (Å²) in [5.74, 6) is 0. The van der Waals surface area contributed by atoms with Gasteiger partial charge in [0, 0.05) is 11.6 Å². The van der Waals surface area contributed by atoms with Crippen LogP contribution >= 0.6 is 22.7 Å². The zero-order valence-corrected chi connectivity index (χ0v) is 9.60. The van der Waals surface area contributed by atoms with Crippen LogP contribution in [0, 0.1) is 6.92 Å². The number of fused-ring (bicyclic) bond motifs is 1. The number of hydrogen-bond donors (Lipinski definition) is 0. The van der Waals surface area contributed by atoms with Gasteiger partial charge in [0.1, 0.15) is 16.2 Å². The van der Waals surface area contributed by atoms with E-state index in [2.05, 4.69) is 15.0 Å². The van der Waals surface area contributed by atoms with Gasteiger partial charge >= 0.3 is 0 Å². The molecule has 0 saturated carbocycles. The average molecular weight is 233 g/mol. The summed E-state index contributed by atoms with van der Waals surface area (Å²) in [6.07, 6.45) is 3.57. The predicted molar refractivity (Wildman–Crippen MR) is 63.3 cm³/mol. The number of nitrogens with zero attached hydrogens (tertiary/aromatic N) is 3. The molecule has 0 unspecified atom stereocenters. The fourth-order valence-electron chi connectivity index (χ4n) is 1.35. The highest BCUT2D eigenvalue weighted by Crippen LogP contribution is 2.29. The predicted octanol–water partition coefficient (Wildman–Crippen LogP) is 3.12. The first kappa shape index (κ1) is 8.94. The van der Waals surface area contributed by atoms with E-state index in [-0.39, 0.29) is 0 Å². The van der Waals surface area contributed by atoms with E-state index < -0.39 is 0 Å². The lowest BCUT2D eigenvalue weighted by Crippen LogP contribution is -1.75. The highest BCUT2D eigenvalue weighted by molar-refractivity contribution is 7.21. The molecule has 0 N–H and O–H groups in total. The van der Waals surface area contributed by atoms with E-state index in [1.165, 1.54) is 0 Å². The van der Waals surface area contributed by atoms with Crippen molar-refractivity contribution in [3.05, 3.63) is 28.8 Å². The van der Waals surface area contributed by atoms with Crippen molar-refractivity contribution in [1.29, 1.82) is 0 Å². The summed E-state index contributed by atoms with van der Waals surface area (Å²) in [5.41, 5.74) is 1.92. The van der Waals surface area contributed by atoms with Gasteiger partial charge in [0.2, 0.25) is 0 Å². The largest absolute Gasteiger partial charge is 0.262 e. The van der Waals surface area contributed by atoms with Crippen LogP contribution in [-0.2, 0) is 0 Å². The monoisotopic (exact) mass is 233 g/mol. The molecule has 3 nitrogen and oxygen atoms in total. The summed E-state index contributed by atoms with van der Waals surface area (Å²) in [7, 11) is 0. The quantitative estimate of drug-likeness (QED) is 0.648. The van der Waals surface area contributed by atoms with Crippen molar-refractivity contribution in [3.63, 3.8) is 0 Å². The first-order chi connectivity index (χ1) is 7.33. The molecule has 5 heteroatoms. The Labute approximate surface area is 94.5 Å². The van der Waals surface area contributed by atoms with Crippen LogP contribution in [-0.4, -0.2) is 15.0 Å². The van der Waals surface area contributed by atoms with E-state index in [9.17, 15) is 0 Å². The van der Waals surface area contributed by atoms with Crippen LogP contribution in [0.2, 0.25) is 0 Å². The maximum atomic E-state index is 4.50. The van der Waals surface area contributed by atoms with Gasteiger partial charge in [0.25, 0.3) is 0 Å². The Bertz CT molecular complexity index is 579. The molecule has 0 aliphatic carbocycles. The summed E-state index contributed by atoms with van der Waals surface area (Å²) in [5, 5.41) is 4.09. The van der Waals surface area contributed by atoms with Gasteiger partial charge in [0.15, 0.2) is 0 Å². The Kier molecular flexibility index (Phi) is 2.00. The second-order valence-electron chi connectivity index (χ2n) is 3.11. The van der Waals surface area contributed by atoms with E-state index in [0.717, 1.165) is 25.9 Å². The zero-order valence-electron chi connectivity index (χ0n) is 7.97. The summed E-state index contributed by atoms with van der Waals surface area (Å²) in [4.78, 5) is 13.0. The van der Waals surface area contributed by atoms with Crippen molar-refractivity contribution < 1.29 is 0 Å². The van der Waals surface area contributed by atoms with Gasteiger partial charge in [-0.15, -0.1) is 22.7 Å². The van der Waals surface area contributed by atoms with E-state index in [0.29, 0.717) is 0 Å². The van der Waals surface area contributed by atoms with E-state index >= 15 is 0 Å². The molecular weight excluding hydrogens is 226 g/mol. The van der Waals surface area contributed by atoms with Gasteiger partial charge in [-0.2, -0.15) is 0 Å². The fraction of sp³-hybridized carbons (Fsp3) is 0.100. The summed E-state index contributed by atoms with van der Waals surface area (Å²) >= 11 is 3.31. The molecular formula is C10H7N3S2. The molecule has 0 atom stereocenters. The first-order valence-corrected chi connectivity index (χ1v) is 6.15. The molecule has 0 saturated heterocycles. The fourth-order valence-corrected chi connectivity index (χ4v) is 2.92. The lowest BCUT2D eigenvalue weighted by atomic mass is 10.4. The van der Waals surface area contributed by atoms with Gasteiger partial charge in [-0.3, -0.25) is 4.98 Å². The van der Waals surface area contributed by atoms with Crippen LogP contribution < -0.4 is 0 Å². The van der Waals surface area contributed by atoms with Gasteiger partial charge in [-0.1, -0.05) is 0 Å². The van der Waals surface area contributed by atoms with Crippen molar-refractivity contribution in [2.45, 2.75) is 6.92 Å². The normalized spacial score (nSPS) is 11.0. The lowest BCUT2D eigenvalue weighted by Gasteiger charge is -1.84.